The first-order valence-electron chi connectivity index (χ1n) is 11.5. The quantitative estimate of drug-likeness (QED) is 0.352. The van der Waals surface area contributed by atoms with Crippen molar-refractivity contribution in [2.45, 2.75) is 70.9 Å². The van der Waals surface area contributed by atoms with E-state index in [1.54, 1.807) is 12.1 Å². The molecule has 172 valence electrons. The molecule has 1 aromatic rings. The molecule has 1 atom stereocenters. The number of fused-ring (bicyclic) bond motifs is 3. The minimum absolute atomic E-state index is 0. The van der Waals surface area contributed by atoms with Gasteiger partial charge < -0.3 is 0 Å². The molecule has 0 bridgehead atoms. The standard InChI is InChI=1S/C21H25.C5H5.C3H6.2ClH.Zr/c1-12(2)16-7-14(5)18-11-19-15(6)8-17(13(3)4)10-21(19)20(18)9-16;1-2-4-5-3-1;1-3-2;;;/h7-13H,1-6H3;1-3H,4H2;1-2H3;2*1H;. The Morgan fingerprint density at radius 2 is 1.69 bits per heavy atom. The first-order chi connectivity index (χ1) is 14.1. The molecule has 0 N–H and O–H groups in total. The van der Waals surface area contributed by atoms with Crippen LogP contribution in [0.4, 0.5) is 0 Å². The van der Waals surface area contributed by atoms with Crippen molar-refractivity contribution in [2.75, 3.05) is 0 Å². The first kappa shape index (κ1) is 27.5. The molecule has 0 fully saturated rings. The van der Waals surface area contributed by atoms with Crippen molar-refractivity contribution in [1.29, 1.82) is 0 Å². The van der Waals surface area contributed by atoms with Gasteiger partial charge in [0, 0.05) is 0 Å². The van der Waals surface area contributed by atoms with Crippen molar-refractivity contribution in [3.63, 3.8) is 0 Å². The van der Waals surface area contributed by atoms with E-state index in [4.69, 9.17) is 0 Å². The Labute approximate surface area is 215 Å². The van der Waals surface area contributed by atoms with Crippen LogP contribution in [0.15, 0.2) is 56.9 Å². The second-order valence-corrected chi connectivity index (χ2v) is 18.7. The van der Waals surface area contributed by atoms with E-state index in [2.05, 4.69) is 104 Å². The minimum atomic E-state index is -2.10. The van der Waals surface area contributed by atoms with Crippen molar-refractivity contribution in [3.8, 4) is 0 Å². The molecule has 0 spiro atoms. The summed E-state index contributed by atoms with van der Waals surface area (Å²) in [6.45, 7) is 19.0. The van der Waals surface area contributed by atoms with Gasteiger partial charge in [-0.3, -0.25) is 0 Å². The van der Waals surface area contributed by atoms with E-state index in [0.29, 0.717) is 11.8 Å². The summed E-state index contributed by atoms with van der Waals surface area (Å²) in [5.41, 5.74) is 10.4. The van der Waals surface area contributed by atoms with Crippen molar-refractivity contribution in [1.82, 2.24) is 0 Å². The van der Waals surface area contributed by atoms with Crippen LogP contribution in [0, 0.1) is 12.8 Å². The Bertz CT molecular complexity index is 1100. The van der Waals surface area contributed by atoms with Crippen LogP contribution in [0.25, 0.3) is 11.6 Å². The van der Waals surface area contributed by atoms with E-state index < -0.39 is 21.3 Å². The van der Waals surface area contributed by atoms with E-state index in [-0.39, 0.29) is 27.9 Å². The number of rotatable bonds is 4. The van der Waals surface area contributed by atoms with E-state index in [9.17, 15) is 0 Å². The molecule has 32 heavy (non-hydrogen) atoms. The Morgan fingerprint density at radius 3 is 2.22 bits per heavy atom. The SMILES string of the molecule is C[C](C)=[Zr]([C]1=CC=CC1)[C]1(C)C=C(C(C)C)C=C2C1=Cc1c(C)cc(C(C)C)cc12.Cl.Cl. The van der Waals surface area contributed by atoms with Gasteiger partial charge in [-0.25, -0.2) is 0 Å². The number of halogens is 2. The number of benzene rings is 1. The fourth-order valence-corrected chi connectivity index (χ4v) is 14.6. The summed E-state index contributed by atoms with van der Waals surface area (Å²) in [4.78, 5) is 0. The molecule has 3 aliphatic rings. The second kappa shape index (κ2) is 10.3. The predicted octanol–water partition coefficient (Wildman–Crippen LogP) is 9.19. The third-order valence-corrected chi connectivity index (χ3v) is 15.6. The van der Waals surface area contributed by atoms with Gasteiger partial charge in [-0.05, 0) is 0 Å². The molecular weight excluding hydrogens is 510 g/mol. The maximum absolute atomic E-state index is 2.68. The molecule has 4 rings (SSSR count). The van der Waals surface area contributed by atoms with E-state index >= 15 is 0 Å². The fourth-order valence-electron chi connectivity index (χ4n) is 5.49. The third kappa shape index (κ3) is 4.60. The van der Waals surface area contributed by atoms with Gasteiger partial charge in [0.05, 0.1) is 0 Å². The summed E-state index contributed by atoms with van der Waals surface area (Å²) in [6.07, 6.45) is 16.0. The molecule has 0 saturated heterocycles. The van der Waals surface area contributed by atoms with E-state index in [1.165, 1.54) is 33.4 Å². The largest absolute Gasteiger partial charge is 0.147 e. The third-order valence-electron chi connectivity index (χ3n) is 7.05. The molecule has 0 aromatic heterocycles. The maximum Gasteiger partial charge on any atom is -0.147 e. The summed E-state index contributed by atoms with van der Waals surface area (Å²) in [6, 6.07) is 4.89. The molecule has 0 radical (unpaired) electrons. The van der Waals surface area contributed by atoms with Crippen LogP contribution >= 0.6 is 24.8 Å². The van der Waals surface area contributed by atoms with Crippen LogP contribution in [0.3, 0.4) is 0 Å². The molecule has 0 aliphatic heterocycles. The van der Waals surface area contributed by atoms with E-state index in [0.717, 1.165) is 6.42 Å². The Balaban J connectivity index is 0.00000181. The molecule has 3 heteroatoms. The van der Waals surface area contributed by atoms with Crippen LogP contribution in [0.2, 0.25) is 3.12 Å². The van der Waals surface area contributed by atoms with Crippen LogP contribution in [0.5, 0.6) is 0 Å². The number of aryl methyl sites for hydroxylation is 1. The topological polar surface area (TPSA) is 0 Å². The summed E-state index contributed by atoms with van der Waals surface area (Å²) < 4.78 is 3.62. The fraction of sp³-hybridized carbons (Fsp3) is 0.414. The minimum Gasteiger partial charge on any atom is -0.147 e. The van der Waals surface area contributed by atoms with Crippen molar-refractivity contribution in [2.24, 2.45) is 5.92 Å². The second-order valence-electron chi connectivity index (χ2n) is 10.3. The Hall–Kier alpha value is -0.747. The smallest absolute Gasteiger partial charge is 0.147 e. The van der Waals surface area contributed by atoms with Crippen LogP contribution in [-0.2, 0) is 21.3 Å². The molecule has 0 nitrogen and oxygen atoms in total. The van der Waals surface area contributed by atoms with Gasteiger partial charge in [0.2, 0.25) is 0 Å². The molecular formula is C29H38Cl2Zr. The van der Waals surface area contributed by atoms with Gasteiger partial charge in [-0.1, -0.05) is 0 Å². The van der Waals surface area contributed by atoms with Gasteiger partial charge in [0.15, 0.2) is 0 Å². The average molecular weight is 549 g/mol. The van der Waals surface area contributed by atoms with Crippen molar-refractivity contribution in [3.05, 3.63) is 79.2 Å². The zero-order chi connectivity index (χ0) is 21.8. The monoisotopic (exact) mass is 546 g/mol. The van der Waals surface area contributed by atoms with Gasteiger partial charge in [-0.2, -0.15) is 0 Å². The number of hydrogen-bond donors (Lipinski definition) is 0. The summed E-state index contributed by atoms with van der Waals surface area (Å²) in [7, 11) is 0. The number of hydrogen-bond acceptors (Lipinski definition) is 0. The van der Waals surface area contributed by atoms with E-state index in [1.807, 2.05) is 0 Å². The van der Waals surface area contributed by atoms with Crippen LogP contribution in [-0.4, -0.2) is 3.21 Å². The van der Waals surface area contributed by atoms with Gasteiger partial charge >= 0.3 is 192 Å². The predicted molar refractivity (Wildman–Crippen MR) is 145 cm³/mol. The average Bonchev–Trinajstić information content (AvgIpc) is 3.30. The molecule has 1 unspecified atom stereocenters. The van der Waals surface area contributed by atoms with Crippen molar-refractivity contribution < 1.29 is 21.3 Å². The van der Waals surface area contributed by atoms with Crippen LogP contribution in [0.1, 0.15) is 83.1 Å². The molecule has 0 amide bonds. The summed E-state index contributed by atoms with van der Waals surface area (Å²) >= 11 is -2.10. The Morgan fingerprint density at radius 1 is 1.00 bits per heavy atom. The molecule has 1 aromatic carbocycles. The molecule has 0 heterocycles. The summed E-state index contributed by atoms with van der Waals surface area (Å²) in [5.74, 6) is 1.11. The maximum atomic E-state index is 2.68. The van der Waals surface area contributed by atoms with Gasteiger partial charge in [0.25, 0.3) is 0 Å². The van der Waals surface area contributed by atoms with Crippen LogP contribution < -0.4 is 0 Å². The zero-order valence-electron chi connectivity index (χ0n) is 20.8. The molecule has 0 saturated carbocycles. The van der Waals surface area contributed by atoms with Crippen molar-refractivity contribution >= 4 is 39.7 Å². The van der Waals surface area contributed by atoms with Gasteiger partial charge in [0.1, 0.15) is 0 Å². The Kier molecular flexibility index (Phi) is 8.81. The van der Waals surface area contributed by atoms with Gasteiger partial charge in [-0.15, -0.1) is 24.8 Å². The normalized spacial score (nSPS) is 20.6. The zero-order valence-corrected chi connectivity index (χ0v) is 24.9. The summed E-state index contributed by atoms with van der Waals surface area (Å²) in [5, 5.41) is 0. The number of allylic oxidation sites excluding steroid dienone is 9. The first-order valence-corrected chi connectivity index (χ1v) is 15.2. The molecule has 3 aliphatic carbocycles.